The SMILES string of the molecule is CCOC(=O)ON(CC(C)C)C(=O)S. The standard InChI is InChI=1S/C8H15NO4S/c1-4-12-8(11)13-9(7(10)14)5-6(2)3/h6H,4-5H2,1-3H3,(H,10,14). The van der Waals surface area contributed by atoms with E-state index in [1.54, 1.807) is 6.92 Å². The smallest absolute Gasteiger partial charge is 0.433 e. The van der Waals surface area contributed by atoms with Crippen LogP contribution in [0.3, 0.4) is 0 Å². The highest BCUT2D eigenvalue weighted by atomic mass is 32.1. The van der Waals surface area contributed by atoms with Gasteiger partial charge in [-0.2, -0.15) is 5.06 Å². The van der Waals surface area contributed by atoms with Crippen LogP contribution in [0.5, 0.6) is 0 Å². The van der Waals surface area contributed by atoms with E-state index in [1.807, 2.05) is 13.8 Å². The maximum atomic E-state index is 10.9. The molecule has 0 saturated heterocycles. The molecule has 6 heteroatoms. The van der Waals surface area contributed by atoms with Gasteiger partial charge in [-0.3, -0.25) is 4.79 Å². The van der Waals surface area contributed by atoms with Crippen LogP contribution < -0.4 is 0 Å². The molecule has 5 nitrogen and oxygen atoms in total. The van der Waals surface area contributed by atoms with E-state index in [4.69, 9.17) is 0 Å². The van der Waals surface area contributed by atoms with Gasteiger partial charge in [0.2, 0.25) is 0 Å². The zero-order valence-electron chi connectivity index (χ0n) is 8.52. The number of hydrogen-bond acceptors (Lipinski definition) is 4. The van der Waals surface area contributed by atoms with E-state index in [2.05, 4.69) is 22.2 Å². The van der Waals surface area contributed by atoms with Gasteiger partial charge in [0.1, 0.15) is 0 Å². The van der Waals surface area contributed by atoms with Gasteiger partial charge in [0.05, 0.1) is 13.2 Å². The number of hydrogen-bond donors (Lipinski definition) is 1. The first kappa shape index (κ1) is 13.1. The van der Waals surface area contributed by atoms with E-state index in [0.717, 1.165) is 5.06 Å². The number of amides is 1. The minimum atomic E-state index is -0.893. The van der Waals surface area contributed by atoms with E-state index in [1.165, 1.54) is 0 Å². The van der Waals surface area contributed by atoms with Gasteiger partial charge < -0.3 is 9.57 Å². The van der Waals surface area contributed by atoms with Crippen molar-refractivity contribution in [2.75, 3.05) is 13.2 Å². The second-order valence-corrected chi connectivity index (χ2v) is 3.39. The molecule has 0 bridgehead atoms. The maximum Gasteiger partial charge on any atom is 0.533 e. The molecule has 0 aromatic rings. The summed E-state index contributed by atoms with van der Waals surface area (Å²) in [5.74, 6) is 0.181. The monoisotopic (exact) mass is 221 g/mol. The first-order valence-corrected chi connectivity index (χ1v) is 4.77. The summed E-state index contributed by atoms with van der Waals surface area (Å²) >= 11 is 3.56. The minimum Gasteiger partial charge on any atom is -0.433 e. The third-order valence-corrected chi connectivity index (χ3v) is 1.41. The molecule has 0 saturated carbocycles. The highest BCUT2D eigenvalue weighted by Gasteiger charge is 2.17. The Hall–Kier alpha value is -0.910. The quantitative estimate of drug-likeness (QED) is 0.450. The van der Waals surface area contributed by atoms with Crippen LogP contribution in [0.2, 0.25) is 0 Å². The van der Waals surface area contributed by atoms with E-state index in [9.17, 15) is 9.59 Å². The molecule has 0 aromatic carbocycles. The molecule has 0 aliphatic heterocycles. The van der Waals surface area contributed by atoms with E-state index >= 15 is 0 Å². The highest BCUT2D eigenvalue weighted by molar-refractivity contribution is 7.96. The third kappa shape index (κ3) is 5.69. The van der Waals surface area contributed by atoms with Gasteiger partial charge in [-0.25, -0.2) is 4.79 Å². The fourth-order valence-corrected chi connectivity index (χ4v) is 0.843. The minimum absolute atomic E-state index is 0.181. The summed E-state index contributed by atoms with van der Waals surface area (Å²) in [6, 6.07) is 0. The Labute approximate surface area is 88.7 Å². The molecule has 1 amide bonds. The maximum absolute atomic E-state index is 10.9. The van der Waals surface area contributed by atoms with Crippen LogP contribution in [-0.4, -0.2) is 29.6 Å². The van der Waals surface area contributed by atoms with Crippen molar-refractivity contribution in [2.45, 2.75) is 20.8 Å². The van der Waals surface area contributed by atoms with Crippen molar-refractivity contribution >= 4 is 24.0 Å². The van der Waals surface area contributed by atoms with Gasteiger partial charge in [0, 0.05) is 0 Å². The number of rotatable bonds is 3. The van der Waals surface area contributed by atoms with Crippen LogP contribution in [0.1, 0.15) is 20.8 Å². The second kappa shape index (κ2) is 6.53. The van der Waals surface area contributed by atoms with E-state index in [0.29, 0.717) is 6.54 Å². The van der Waals surface area contributed by atoms with Crippen LogP contribution in [0.4, 0.5) is 9.59 Å². The molecule has 0 aromatic heterocycles. The first-order chi connectivity index (χ1) is 6.47. The van der Waals surface area contributed by atoms with Crippen LogP contribution >= 0.6 is 12.6 Å². The summed E-state index contributed by atoms with van der Waals surface area (Å²) in [6.45, 7) is 5.92. The first-order valence-electron chi connectivity index (χ1n) is 4.32. The lowest BCUT2D eigenvalue weighted by molar-refractivity contribution is -0.0886. The fraction of sp³-hybridized carbons (Fsp3) is 0.750. The Morgan fingerprint density at radius 1 is 1.43 bits per heavy atom. The van der Waals surface area contributed by atoms with Gasteiger partial charge in [-0.15, -0.1) is 0 Å². The molecule has 82 valence electrons. The number of thiol groups is 1. The molecule has 0 aliphatic carbocycles. The molecule has 0 heterocycles. The number of hydroxylamine groups is 2. The third-order valence-electron chi connectivity index (χ3n) is 1.19. The molecule has 0 spiro atoms. The van der Waals surface area contributed by atoms with Crippen LogP contribution in [0.25, 0.3) is 0 Å². The lowest BCUT2D eigenvalue weighted by Gasteiger charge is -2.19. The summed E-state index contributed by atoms with van der Waals surface area (Å²) in [4.78, 5) is 26.4. The Balaban J connectivity index is 4.09. The molecule has 0 N–H and O–H groups in total. The number of ether oxygens (including phenoxy) is 1. The Morgan fingerprint density at radius 3 is 2.36 bits per heavy atom. The van der Waals surface area contributed by atoms with Gasteiger partial charge in [-0.1, -0.05) is 26.5 Å². The van der Waals surface area contributed by atoms with Gasteiger partial charge >= 0.3 is 11.4 Å². The molecule has 0 rings (SSSR count). The predicted octanol–water partition coefficient (Wildman–Crippen LogP) is 2.08. The summed E-state index contributed by atoms with van der Waals surface area (Å²) in [7, 11) is 0. The summed E-state index contributed by atoms with van der Waals surface area (Å²) in [5, 5.41) is 0.248. The van der Waals surface area contributed by atoms with Crippen molar-refractivity contribution in [3.63, 3.8) is 0 Å². The average molecular weight is 221 g/mol. The fourth-order valence-electron chi connectivity index (χ4n) is 0.720. The van der Waals surface area contributed by atoms with Crippen molar-refractivity contribution in [3.8, 4) is 0 Å². The van der Waals surface area contributed by atoms with E-state index in [-0.39, 0.29) is 12.5 Å². The molecular weight excluding hydrogens is 206 g/mol. The highest BCUT2D eigenvalue weighted by Crippen LogP contribution is 2.04. The molecule has 0 radical (unpaired) electrons. The molecular formula is C8H15NO4S. The van der Waals surface area contributed by atoms with Crippen LogP contribution in [0.15, 0.2) is 0 Å². The molecule has 14 heavy (non-hydrogen) atoms. The summed E-state index contributed by atoms with van der Waals surface area (Å²) in [5.41, 5.74) is 0. The second-order valence-electron chi connectivity index (χ2n) is 3.01. The van der Waals surface area contributed by atoms with Crippen molar-refractivity contribution in [3.05, 3.63) is 0 Å². The van der Waals surface area contributed by atoms with Crippen LogP contribution in [-0.2, 0) is 9.57 Å². The normalized spacial score (nSPS) is 9.79. The molecule has 0 unspecified atom stereocenters. The van der Waals surface area contributed by atoms with Gasteiger partial charge in [0.25, 0.3) is 0 Å². The average Bonchev–Trinajstić information content (AvgIpc) is 2.02. The summed E-state index contributed by atoms with van der Waals surface area (Å²) in [6.07, 6.45) is -0.893. The molecule has 0 atom stereocenters. The van der Waals surface area contributed by atoms with Crippen molar-refractivity contribution < 1.29 is 19.2 Å². The number of nitrogens with zero attached hydrogens (tertiary/aromatic N) is 1. The lowest BCUT2D eigenvalue weighted by Crippen LogP contribution is -2.33. The summed E-state index contributed by atoms with van der Waals surface area (Å²) < 4.78 is 4.52. The zero-order valence-corrected chi connectivity index (χ0v) is 9.41. The Morgan fingerprint density at radius 2 is 2.00 bits per heavy atom. The zero-order chi connectivity index (χ0) is 11.1. The van der Waals surface area contributed by atoms with Gasteiger partial charge in [-0.05, 0) is 12.8 Å². The van der Waals surface area contributed by atoms with Crippen LogP contribution in [0, 0.1) is 5.92 Å². The Kier molecular flexibility index (Phi) is 6.11. The largest absolute Gasteiger partial charge is 0.533 e. The van der Waals surface area contributed by atoms with Gasteiger partial charge in [0.15, 0.2) is 0 Å². The predicted molar refractivity (Wildman–Crippen MR) is 54.0 cm³/mol. The lowest BCUT2D eigenvalue weighted by atomic mass is 10.2. The number of carbonyl (C=O) groups excluding carboxylic acids is 2. The van der Waals surface area contributed by atoms with Crippen molar-refractivity contribution in [1.82, 2.24) is 5.06 Å². The van der Waals surface area contributed by atoms with E-state index < -0.39 is 11.4 Å². The topological polar surface area (TPSA) is 55.8 Å². The van der Waals surface area contributed by atoms with Crippen molar-refractivity contribution in [1.29, 1.82) is 0 Å². The molecule has 0 aliphatic rings. The number of carbonyl (C=O) groups is 2. The van der Waals surface area contributed by atoms with Crippen molar-refractivity contribution in [2.24, 2.45) is 5.92 Å². The molecule has 0 fully saturated rings. The Bertz CT molecular complexity index is 208.